The molecule has 0 radical (unpaired) electrons. The molecule has 0 aromatic heterocycles. The Morgan fingerprint density at radius 1 is 1.15 bits per heavy atom. The molecule has 20 heavy (non-hydrogen) atoms. The van der Waals surface area contributed by atoms with Gasteiger partial charge < -0.3 is 10.6 Å². The van der Waals surface area contributed by atoms with Crippen LogP contribution in [0.1, 0.15) is 57.1 Å². The molecule has 3 heteroatoms. The lowest BCUT2D eigenvalue weighted by atomic mass is 9.77. The standard InChI is InChI=1S/C17H25BrN2/c1-13(19)15-5-4-14(12-16(15)18)20-10-8-17(9-11-20)6-2-3-7-17/h4-5,12-13H,2-3,6-11,19H2,1H3/t13-/m0/s1. The zero-order valence-corrected chi connectivity index (χ0v) is 14.0. The molecule has 1 atom stereocenters. The highest BCUT2D eigenvalue weighted by Gasteiger charge is 2.36. The van der Waals surface area contributed by atoms with Gasteiger partial charge in [0.1, 0.15) is 0 Å². The van der Waals surface area contributed by atoms with Crippen LogP contribution in [0.3, 0.4) is 0 Å². The molecule has 0 bridgehead atoms. The number of hydrogen-bond acceptors (Lipinski definition) is 2. The van der Waals surface area contributed by atoms with Gasteiger partial charge in [0.05, 0.1) is 0 Å². The van der Waals surface area contributed by atoms with Gasteiger partial charge in [0.25, 0.3) is 0 Å². The highest BCUT2D eigenvalue weighted by Crippen LogP contribution is 2.46. The fraction of sp³-hybridized carbons (Fsp3) is 0.647. The molecule has 1 saturated heterocycles. The third-order valence-electron chi connectivity index (χ3n) is 5.33. The molecule has 0 unspecified atom stereocenters. The molecule has 1 aromatic carbocycles. The van der Waals surface area contributed by atoms with Gasteiger partial charge in [0, 0.05) is 29.3 Å². The van der Waals surface area contributed by atoms with Crippen LogP contribution in [0, 0.1) is 5.41 Å². The van der Waals surface area contributed by atoms with Crippen molar-refractivity contribution in [1.29, 1.82) is 0 Å². The highest BCUT2D eigenvalue weighted by molar-refractivity contribution is 9.10. The quantitative estimate of drug-likeness (QED) is 0.853. The molecule has 1 aromatic rings. The maximum Gasteiger partial charge on any atom is 0.0377 e. The fourth-order valence-electron chi connectivity index (χ4n) is 3.95. The Bertz CT molecular complexity index is 468. The Morgan fingerprint density at radius 2 is 1.80 bits per heavy atom. The van der Waals surface area contributed by atoms with Crippen molar-refractivity contribution in [3.63, 3.8) is 0 Å². The maximum absolute atomic E-state index is 5.98. The fourth-order valence-corrected chi connectivity index (χ4v) is 4.67. The van der Waals surface area contributed by atoms with E-state index in [-0.39, 0.29) is 6.04 Å². The van der Waals surface area contributed by atoms with Crippen LogP contribution in [0.5, 0.6) is 0 Å². The third-order valence-corrected chi connectivity index (χ3v) is 6.01. The van der Waals surface area contributed by atoms with Crippen molar-refractivity contribution in [1.82, 2.24) is 0 Å². The molecule has 2 nitrogen and oxygen atoms in total. The molecule has 1 saturated carbocycles. The average Bonchev–Trinajstić information content (AvgIpc) is 2.87. The summed E-state index contributed by atoms with van der Waals surface area (Å²) < 4.78 is 1.14. The van der Waals surface area contributed by atoms with E-state index in [0.717, 1.165) is 4.47 Å². The second-order valence-electron chi connectivity index (χ2n) is 6.69. The van der Waals surface area contributed by atoms with E-state index in [1.54, 1.807) is 0 Å². The molecule has 3 rings (SSSR count). The van der Waals surface area contributed by atoms with Crippen LogP contribution in [0.2, 0.25) is 0 Å². The number of benzene rings is 1. The topological polar surface area (TPSA) is 29.3 Å². The molecule has 1 aliphatic heterocycles. The van der Waals surface area contributed by atoms with E-state index >= 15 is 0 Å². The first-order valence-electron chi connectivity index (χ1n) is 7.90. The van der Waals surface area contributed by atoms with E-state index in [1.165, 1.54) is 62.9 Å². The van der Waals surface area contributed by atoms with Crippen LogP contribution in [0.4, 0.5) is 5.69 Å². The lowest BCUT2D eigenvalue weighted by Crippen LogP contribution is -2.38. The first-order chi connectivity index (χ1) is 9.60. The monoisotopic (exact) mass is 336 g/mol. The van der Waals surface area contributed by atoms with E-state index in [0.29, 0.717) is 5.41 Å². The number of anilines is 1. The van der Waals surface area contributed by atoms with Crippen molar-refractivity contribution in [2.45, 2.75) is 51.5 Å². The molecule has 1 heterocycles. The minimum atomic E-state index is 0.0848. The first-order valence-corrected chi connectivity index (χ1v) is 8.69. The van der Waals surface area contributed by atoms with Gasteiger partial charge in [-0.1, -0.05) is 34.8 Å². The molecule has 1 spiro atoms. The first kappa shape index (κ1) is 14.4. The Kier molecular flexibility index (Phi) is 4.09. The molecular formula is C17H25BrN2. The van der Waals surface area contributed by atoms with Crippen LogP contribution >= 0.6 is 15.9 Å². The smallest absolute Gasteiger partial charge is 0.0377 e. The second-order valence-corrected chi connectivity index (χ2v) is 7.54. The summed E-state index contributed by atoms with van der Waals surface area (Å²) in [6.45, 7) is 4.46. The number of hydrogen-bond donors (Lipinski definition) is 1. The Labute approximate surface area is 130 Å². The van der Waals surface area contributed by atoms with Gasteiger partial charge in [-0.15, -0.1) is 0 Å². The van der Waals surface area contributed by atoms with E-state index in [2.05, 4.69) is 39.0 Å². The zero-order chi connectivity index (χ0) is 14.2. The number of piperidine rings is 1. The van der Waals surface area contributed by atoms with Gasteiger partial charge in [0.15, 0.2) is 0 Å². The van der Waals surface area contributed by atoms with Gasteiger partial charge >= 0.3 is 0 Å². The molecule has 2 fully saturated rings. The van der Waals surface area contributed by atoms with Gasteiger partial charge in [-0.2, -0.15) is 0 Å². The van der Waals surface area contributed by atoms with E-state index in [9.17, 15) is 0 Å². The minimum absolute atomic E-state index is 0.0848. The summed E-state index contributed by atoms with van der Waals surface area (Å²) in [7, 11) is 0. The third kappa shape index (κ3) is 2.75. The number of nitrogens with two attached hydrogens (primary N) is 1. The molecule has 0 amide bonds. The summed E-state index contributed by atoms with van der Waals surface area (Å²) in [5.74, 6) is 0. The van der Waals surface area contributed by atoms with Gasteiger partial charge in [0.2, 0.25) is 0 Å². The van der Waals surface area contributed by atoms with Crippen molar-refractivity contribution < 1.29 is 0 Å². The van der Waals surface area contributed by atoms with E-state index < -0.39 is 0 Å². The van der Waals surface area contributed by atoms with Crippen molar-refractivity contribution in [2.24, 2.45) is 11.1 Å². The van der Waals surface area contributed by atoms with E-state index in [1.807, 2.05) is 6.92 Å². The predicted molar refractivity (Wildman–Crippen MR) is 89.1 cm³/mol. The number of rotatable bonds is 2. The average molecular weight is 337 g/mol. The Balaban J connectivity index is 1.70. The van der Waals surface area contributed by atoms with Crippen molar-refractivity contribution in [3.8, 4) is 0 Å². The molecule has 110 valence electrons. The summed E-state index contributed by atoms with van der Waals surface area (Å²) in [6, 6.07) is 6.73. The second kappa shape index (κ2) is 5.69. The number of halogens is 1. The zero-order valence-electron chi connectivity index (χ0n) is 12.4. The molecule has 2 aliphatic rings. The lowest BCUT2D eigenvalue weighted by Gasteiger charge is -2.40. The summed E-state index contributed by atoms with van der Waals surface area (Å²) in [5, 5.41) is 0. The Hall–Kier alpha value is -0.540. The number of nitrogens with zero attached hydrogens (tertiary/aromatic N) is 1. The SMILES string of the molecule is C[C@H](N)c1ccc(N2CCC3(CCCC3)CC2)cc1Br. The normalized spacial score (nSPS) is 23.2. The largest absolute Gasteiger partial charge is 0.371 e. The minimum Gasteiger partial charge on any atom is -0.371 e. The van der Waals surface area contributed by atoms with Crippen molar-refractivity contribution in [3.05, 3.63) is 28.2 Å². The van der Waals surface area contributed by atoms with Crippen LogP contribution in [-0.4, -0.2) is 13.1 Å². The molecule has 1 aliphatic carbocycles. The summed E-state index contributed by atoms with van der Waals surface area (Å²) in [4.78, 5) is 2.54. The van der Waals surface area contributed by atoms with Crippen molar-refractivity contribution >= 4 is 21.6 Å². The van der Waals surface area contributed by atoms with Crippen LogP contribution in [0.25, 0.3) is 0 Å². The summed E-state index contributed by atoms with van der Waals surface area (Å²) >= 11 is 3.67. The van der Waals surface area contributed by atoms with Gasteiger partial charge in [-0.25, -0.2) is 0 Å². The van der Waals surface area contributed by atoms with Crippen molar-refractivity contribution in [2.75, 3.05) is 18.0 Å². The van der Waals surface area contributed by atoms with Crippen LogP contribution in [-0.2, 0) is 0 Å². The highest BCUT2D eigenvalue weighted by atomic mass is 79.9. The lowest BCUT2D eigenvalue weighted by molar-refractivity contribution is 0.226. The summed E-state index contributed by atoms with van der Waals surface area (Å²) in [5.41, 5.74) is 9.21. The predicted octanol–water partition coefficient (Wildman–Crippen LogP) is 4.63. The summed E-state index contributed by atoms with van der Waals surface area (Å²) in [6.07, 6.45) is 8.59. The van der Waals surface area contributed by atoms with E-state index in [4.69, 9.17) is 5.73 Å². The van der Waals surface area contributed by atoms with Gasteiger partial charge in [-0.3, -0.25) is 0 Å². The van der Waals surface area contributed by atoms with Crippen LogP contribution in [0.15, 0.2) is 22.7 Å². The Morgan fingerprint density at radius 3 is 2.35 bits per heavy atom. The van der Waals surface area contributed by atoms with Crippen LogP contribution < -0.4 is 10.6 Å². The maximum atomic E-state index is 5.98. The molecule has 2 N–H and O–H groups in total. The van der Waals surface area contributed by atoms with Gasteiger partial charge in [-0.05, 0) is 55.7 Å². The molecular weight excluding hydrogens is 312 g/mol.